The van der Waals surface area contributed by atoms with Crippen molar-refractivity contribution in [3.05, 3.63) is 24.3 Å². The Balaban J connectivity index is 2.04. The molecule has 1 aromatic rings. The van der Waals surface area contributed by atoms with Crippen LogP contribution in [0.3, 0.4) is 0 Å². The molecule has 1 saturated carbocycles. The van der Waals surface area contributed by atoms with Gasteiger partial charge in [0.05, 0.1) is 4.90 Å². The predicted octanol–water partition coefficient (Wildman–Crippen LogP) is 2.93. The third-order valence-corrected chi connectivity index (χ3v) is 5.72. The van der Waals surface area contributed by atoms with E-state index in [1.54, 1.807) is 19.2 Å². The van der Waals surface area contributed by atoms with Gasteiger partial charge < -0.3 is 5.32 Å². The topological polar surface area (TPSA) is 49.4 Å². The van der Waals surface area contributed by atoms with Crippen molar-refractivity contribution >= 4 is 15.7 Å². The van der Waals surface area contributed by atoms with Crippen LogP contribution >= 0.6 is 0 Å². The summed E-state index contributed by atoms with van der Waals surface area (Å²) < 4.78 is 26.4. The molecule has 0 atom stereocenters. The average Bonchev–Trinajstić information content (AvgIpc) is 2.40. The van der Waals surface area contributed by atoms with E-state index in [2.05, 4.69) is 12.2 Å². The Hall–Kier alpha value is -1.07. The van der Waals surface area contributed by atoms with E-state index in [9.17, 15) is 8.42 Å². The summed E-state index contributed by atoms with van der Waals surface area (Å²) in [6, 6.07) is 7.04. The third kappa shape index (κ3) is 3.52. The monoisotopic (exact) mass is 296 g/mol. The van der Waals surface area contributed by atoms with Gasteiger partial charge in [0.2, 0.25) is 10.0 Å². The normalized spacial score (nSPS) is 16.1. The van der Waals surface area contributed by atoms with Gasteiger partial charge in [-0.3, -0.25) is 0 Å². The summed E-state index contributed by atoms with van der Waals surface area (Å²) in [5.41, 5.74) is 0.965. The van der Waals surface area contributed by atoms with Gasteiger partial charge in [-0.1, -0.05) is 13.3 Å². The quantitative estimate of drug-likeness (QED) is 0.841. The van der Waals surface area contributed by atoms with Crippen molar-refractivity contribution < 1.29 is 8.42 Å². The van der Waals surface area contributed by atoms with Gasteiger partial charge in [-0.25, -0.2) is 12.7 Å². The van der Waals surface area contributed by atoms with E-state index in [1.807, 2.05) is 12.1 Å². The lowest BCUT2D eigenvalue weighted by Crippen LogP contribution is -2.34. The minimum Gasteiger partial charge on any atom is -0.385 e. The van der Waals surface area contributed by atoms with Crippen molar-refractivity contribution in [2.45, 2.75) is 37.5 Å². The fraction of sp³-hybridized carbons (Fsp3) is 0.600. The summed E-state index contributed by atoms with van der Waals surface area (Å²) in [6.07, 6.45) is 4.58. The zero-order valence-corrected chi connectivity index (χ0v) is 13.1. The van der Waals surface area contributed by atoms with Crippen LogP contribution in [0.15, 0.2) is 29.2 Å². The van der Waals surface area contributed by atoms with E-state index in [0.29, 0.717) is 17.4 Å². The molecule has 0 aliphatic heterocycles. The van der Waals surface area contributed by atoms with Gasteiger partial charge >= 0.3 is 0 Å². The van der Waals surface area contributed by atoms with Crippen LogP contribution in [0.1, 0.15) is 32.6 Å². The number of rotatable bonds is 7. The van der Waals surface area contributed by atoms with Crippen molar-refractivity contribution in [1.29, 1.82) is 0 Å². The Morgan fingerprint density at radius 2 is 1.90 bits per heavy atom. The van der Waals surface area contributed by atoms with Gasteiger partial charge in [0.25, 0.3) is 0 Å². The first kappa shape index (κ1) is 15.3. The molecular formula is C15H24N2O2S. The molecule has 1 N–H and O–H groups in total. The van der Waals surface area contributed by atoms with E-state index in [-0.39, 0.29) is 0 Å². The molecule has 1 aromatic carbocycles. The molecule has 1 aliphatic carbocycles. The van der Waals surface area contributed by atoms with Crippen LogP contribution < -0.4 is 5.32 Å². The number of hydrogen-bond acceptors (Lipinski definition) is 3. The Kier molecular flexibility index (Phi) is 5.05. The lowest BCUT2D eigenvalue weighted by atomic mass is 9.86. The van der Waals surface area contributed by atoms with Crippen LogP contribution in [-0.2, 0) is 10.0 Å². The number of sulfonamides is 1. The van der Waals surface area contributed by atoms with E-state index in [1.165, 1.54) is 10.7 Å². The lowest BCUT2D eigenvalue weighted by Gasteiger charge is -2.29. The zero-order chi connectivity index (χ0) is 14.6. The largest absolute Gasteiger partial charge is 0.385 e. The maximum absolute atomic E-state index is 12.4. The molecule has 0 saturated heterocycles. The molecule has 0 amide bonds. The van der Waals surface area contributed by atoms with Gasteiger partial charge in [-0.05, 0) is 49.4 Å². The molecule has 4 nitrogen and oxygen atoms in total. The van der Waals surface area contributed by atoms with Crippen molar-refractivity contribution in [3.63, 3.8) is 0 Å². The van der Waals surface area contributed by atoms with E-state index in [0.717, 1.165) is 31.5 Å². The SMILES string of the molecule is CCCNc1ccc(S(=O)(=O)N(C)CC2CCC2)cc1. The molecule has 2 rings (SSSR count). The third-order valence-electron chi connectivity index (χ3n) is 3.88. The maximum Gasteiger partial charge on any atom is 0.242 e. The van der Waals surface area contributed by atoms with Gasteiger partial charge in [0, 0.05) is 25.8 Å². The summed E-state index contributed by atoms with van der Waals surface area (Å²) in [6.45, 7) is 3.63. The van der Waals surface area contributed by atoms with Crippen molar-refractivity contribution in [2.75, 3.05) is 25.5 Å². The zero-order valence-electron chi connectivity index (χ0n) is 12.3. The van der Waals surface area contributed by atoms with Crippen LogP contribution in [0.4, 0.5) is 5.69 Å². The molecule has 1 aliphatic rings. The highest BCUT2D eigenvalue weighted by molar-refractivity contribution is 7.89. The fourth-order valence-corrected chi connectivity index (χ4v) is 3.58. The number of hydrogen-bond donors (Lipinski definition) is 1. The molecule has 112 valence electrons. The first-order chi connectivity index (χ1) is 9.54. The highest BCUT2D eigenvalue weighted by Gasteiger charge is 2.26. The molecule has 0 radical (unpaired) electrons. The van der Waals surface area contributed by atoms with E-state index < -0.39 is 10.0 Å². The summed E-state index contributed by atoms with van der Waals surface area (Å²) >= 11 is 0. The summed E-state index contributed by atoms with van der Waals surface area (Å²) in [7, 11) is -1.66. The molecule has 20 heavy (non-hydrogen) atoms. The molecule has 0 heterocycles. The van der Waals surface area contributed by atoms with E-state index in [4.69, 9.17) is 0 Å². The highest BCUT2D eigenvalue weighted by Crippen LogP contribution is 2.28. The first-order valence-electron chi connectivity index (χ1n) is 7.34. The van der Waals surface area contributed by atoms with Gasteiger partial charge in [0.15, 0.2) is 0 Å². The van der Waals surface area contributed by atoms with Crippen molar-refractivity contribution in [3.8, 4) is 0 Å². The van der Waals surface area contributed by atoms with Crippen LogP contribution in [0.2, 0.25) is 0 Å². The summed E-state index contributed by atoms with van der Waals surface area (Å²) in [5, 5.41) is 3.24. The number of benzene rings is 1. The van der Waals surface area contributed by atoms with Crippen LogP contribution in [0.5, 0.6) is 0 Å². The molecule has 0 spiro atoms. The molecule has 5 heteroatoms. The Morgan fingerprint density at radius 1 is 1.25 bits per heavy atom. The van der Waals surface area contributed by atoms with Gasteiger partial charge in [0.1, 0.15) is 0 Å². The molecule has 0 bridgehead atoms. The Bertz CT molecular complexity index is 521. The second-order valence-electron chi connectivity index (χ2n) is 5.53. The predicted molar refractivity (Wildman–Crippen MR) is 82.4 cm³/mol. The minimum atomic E-state index is -3.34. The van der Waals surface area contributed by atoms with Gasteiger partial charge in [-0.15, -0.1) is 0 Å². The number of nitrogens with one attached hydrogen (secondary N) is 1. The molecule has 0 aromatic heterocycles. The maximum atomic E-state index is 12.4. The van der Waals surface area contributed by atoms with Crippen molar-refractivity contribution in [1.82, 2.24) is 4.31 Å². The molecular weight excluding hydrogens is 272 g/mol. The smallest absolute Gasteiger partial charge is 0.242 e. The summed E-state index contributed by atoms with van der Waals surface area (Å²) in [5.74, 6) is 0.542. The Morgan fingerprint density at radius 3 is 2.40 bits per heavy atom. The summed E-state index contributed by atoms with van der Waals surface area (Å²) in [4.78, 5) is 0.376. The number of anilines is 1. The number of nitrogens with zero attached hydrogens (tertiary/aromatic N) is 1. The second kappa shape index (κ2) is 6.59. The molecule has 1 fully saturated rings. The van der Waals surface area contributed by atoms with Gasteiger partial charge in [-0.2, -0.15) is 0 Å². The van der Waals surface area contributed by atoms with E-state index >= 15 is 0 Å². The fourth-order valence-electron chi connectivity index (χ4n) is 2.33. The second-order valence-corrected chi connectivity index (χ2v) is 7.58. The minimum absolute atomic E-state index is 0.376. The van der Waals surface area contributed by atoms with Crippen LogP contribution in [-0.4, -0.2) is 32.9 Å². The highest BCUT2D eigenvalue weighted by atomic mass is 32.2. The van der Waals surface area contributed by atoms with Crippen LogP contribution in [0.25, 0.3) is 0 Å². The van der Waals surface area contributed by atoms with Crippen LogP contribution in [0, 0.1) is 5.92 Å². The molecule has 0 unspecified atom stereocenters. The average molecular weight is 296 g/mol. The Labute approximate surface area is 122 Å². The van der Waals surface area contributed by atoms with Crippen molar-refractivity contribution in [2.24, 2.45) is 5.92 Å². The first-order valence-corrected chi connectivity index (χ1v) is 8.78. The standard InChI is InChI=1S/C15H24N2O2S/c1-3-11-16-14-7-9-15(10-8-14)20(18,19)17(2)12-13-5-4-6-13/h7-10,13,16H,3-6,11-12H2,1-2H3. The lowest BCUT2D eigenvalue weighted by molar-refractivity contribution is 0.263.